The number of rotatable bonds is 5. The number of hydrogen-bond acceptors (Lipinski definition) is 6. The van der Waals surface area contributed by atoms with E-state index in [-0.39, 0.29) is 10.7 Å². The van der Waals surface area contributed by atoms with Gasteiger partial charge >= 0.3 is 0 Å². The summed E-state index contributed by atoms with van der Waals surface area (Å²) < 4.78 is 31.8. The Labute approximate surface area is 110 Å². The second kappa shape index (κ2) is 5.33. The minimum atomic E-state index is -3.67. The van der Waals surface area contributed by atoms with Gasteiger partial charge in [-0.3, -0.25) is 0 Å². The number of ether oxygens (including phenoxy) is 1. The van der Waals surface area contributed by atoms with E-state index < -0.39 is 16.1 Å². The van der Waals surface area contributed by atoms with E-state index >= 15 is 0 Å². The van der Waals surface area contributed by atoms with Crippen LogP contribution in [0.15, 0.2) is 29.2 Å². The number of tetrazole rings is 1. The summed E-state index contributed by atoms with van der Waals surface area (Å²) in [4.78, 5) is 0.113. The molecule has 1 atom stereocenters. The largest absolute Gasteiger partial charge is 0.497 e. The molecule has 0 radical (unpaired) electrons. The fraction of sp³-hybridized carbons (Fsp3) is 0.300. The van der Waals surface area contributed by atoms with Crippen LogP contribution in [-0.4, -0.2) is 36.2 Å². The predicted molar refractivity (Wildman–Crippen MR) is 65.9 cm³/mol. The quantitative estimate of drug-likeness (QED) is 0.813. The van der Waals surface area contributed by atoms with E-state index in [1.54, 1.807) is 19.1 Å². The third kappa shape index (κ3) is 3.06. The Morgan fingerprint density at radius 1 is 1.42 bits per heavy atom. The van der Waals surface area contributed by atoms with Crippen molar-refractivity contribution >= 4 is 10.0 Å². The highest BCUT2D eigenvalue weighted by molar-refractivity contribution is 7.89. The minimum Gasteiger partial charge on any atom is -0.497 e. The van der Waals surface area contributed by atoms with Crippen molar-refractivity contribution in [3.05, 3.63) is 30.1 Å². The highest BCUT2D eigenvalue weighted by atomic mass is 32.2. The molecule has 1 heterocycles. The summed E-state index contributed by atoms with van der Waals surface area (Å²) in [6.07, 6.45) is 0. The summed E-state index contributed by atoms with van der Waals surface area (Å²) in [6.45, 7) is 1.63. The molecular formula is C10H13N5O3S. The highest BCUT2D eigenvalue weighted by Gasteiger charge is 2.21. The fourth-order valence-electron chi connectivity index (χ4n) is 1.47. The maximum Gasteiger partial charge on any atom is 0.241 e. The summed E-state index contributed by atoms with van der Waals surface area (Å²) in [6, 6.07) is 5.60. The van der Waals surface area contributed by atoms with Gasteiger partial charge in [-0.2, -0.15) is 5.21 Å². The van der Waals surface area contributed by atoms with E-state index in [1.165, 1.54) is 19.2 Å². The smallest absolute Gasteiger partial charge is 0.241 e. The molecule has 0 aliphatic carbocycles. The Morgan fingerprint density at radius 3 is 2.84 bits per heavy atom. The molecule has 2 rings (SSSR count). The van der Waals surface area contributed by atoms with E-state index in [0.717, 1.165) is 0 Å². The van der Waals surface area contributed by atoms with Crippen molar-refractivity contribution in [1.29, 1.82) is 0 Å². The van der Waals surface area contributed by atoms with Gasteiger partial charge in [0.2, 0.25) is 10.0 Å². The molecule has 0 spiro atoms. The molecule has 0 amide bonds. The van der Waals surface area contributed by atoms with Crippen LogP contribution in [0, 0.1) is 0 Å². The van der Waals surface area contributed by atoms with Crippen LogP contribution in [0.4, 0.5) is 0 Å². The second-order valence-corrected chi connectivity index (χ2v) is 5.51. The maximum atomic E-state index is 12.2. The topological polar surface area (TPSA) is 110 Å². The molecule has 2 N–H and O–H groups in total. The Kier molecular flexibility index (Phi) is 3.76. The third-order valence-electron chi connectivity index (χ3n) is 2.43. The standard InChI is InChI=1S/C10H13N5O3S/c1-7(10-11-14-15-12-10)13-19(16,17)9-5-3-4-8(6-9)18-2/h3-7,13H,1-2H3,(H,11,12,14,15). The number of nitrogens with one attached hydrogen (secondary N) is 2. The molecule has 0 saturated carbocycles. The van der Waals surface area contributed by atoms with Crippen LogP contribution in [0.3, 0.4) is 0 Å². The second-order valence-electron chi connectivity index (χ2n) is 3.79. The summed E-state index contributed by atoms with van der Waals surface area (Å²) in [5.74, 6) is 0.738. The van der Waals surface area contributed by atoms with Gasteiger partial charge in [0, 0.05) is 6.07 Å². The molecule has 0 aliphatic rings. The van der Waals surface area contributed by atoms with E-state index in [1.807, 2.05) is 0 Å². The number of H-pyrrole nitrogens is 1. The first-order valence-corrected chi connectivity index (χ1v) is 6.91. The molecule has 0 fully saturated rings. The molecule has 1 aromatic heterocycles. The van der Waals surface area contributed by atoms with Crippen molar-refractivity contribution < 1.29 is 13.2 Å². The highest BCUT2D eigenvalue weighted by Crippen LogP contribution is 2.18. The monoisotopic (exact) mass is 283 g/mol. The lowest BCUT2D eigenvalue weighted by molar-refractivity contribution is 0.413. The molecular weight excluding hydrogens is 270 g/mol. The van der Waals surface area contributed by atoms with Gasteiger partial charge in [-0.1, -0.05) is 11.3 Å². The number of aromatic amines is 1. The maximum absolute atomic E-state index is 12.2. The molecule has 9 heteroatoms. The van der Waals surface area contributed by atoms with Crippen molar-refractivity contribution in [3.63, 3.8) is 0 Å². The Hall–Kier alpha value is -2.00. The number of aromatic nitrogens is 4. The molecule has 102 valence electrons. The normalized spacial score (nSPS) is 13.2. The van der Waals surface area contributed by atoms with Crippen molar-refractivity contribution in [1.82, 2.24) is 25.3 Å². The van der Waals surface area contributed by atoms with Crippen molar-refractivity contribution in [2.24, 2.45) is 0 Å². The van der Waals surface area contributed by atoms with Crippen LogP contribution < -0.4 is 9.46 Å². The molecule has 19 heavy (non-hydrogen) atoms. The number of methoxy groups -OCH3 is 1. The molecule has 0 aliphatic heterocycles. The summed E-state index contributed by atoms with van der Waals surface area (Å²) >= 11 is 0. The Bertz CT molecular complexity index is 641. The fourth-order valence-corrected chi connectivity index (χ4v) is 2.71. The van der Waals surface area contributed by atoms with Gasteiger partial charge in [0.15, 0.2) is 5.82 Å². The molecule has 8 nitrogen and oxygen atoms in total. The molecule has 0 bridgehead atoms. The first-order valence-electron chi connectivity index (χ1n) is 5.42. The van der Waals surface area contributed by atoms with Gasteiger partial charge in [0.1, 0.15) is 5.75 Å². The summed E-state index contributed by atoms with van der Waals surface area (Å²) in [5, 5.41) is 13.1. The van der Waals surface area contributed by atoms with Crippen LogP contribution in [0.1, 0.15) is 18.8 Å². The molecule has 2 aromatic rings. The first-order chi connectivity index (χ1) is 9.03. The van der Waals surface area contributed by atoms with Crippen molar-refractivity contribution in [2.45, 2.75) is 17.9 Å². The summed E-state index contributed by atoms with van der Waals surface area (Å²) in [7, 11) is -2.20. The SMILES string of the molecule is COc1cccc(S(=O)(=O)NC(C)c2nn[nH]n2)c1. The van der Waals surface area contributed by atoms with Gasteiger partial charge < -0.3 is 4.74 Å². The van der Waals surface area contributed by atoms with E-state index in [0.29, 0.717) is 5.75 Å². The van der Waals surface area contributed by atoms with Crippen LogP contribution >= 0.6 is 0 Å². The molecule has 0 saturated heterocycles. The van der Waals surface area contributed by atoms with Gasteiger partial charge in [0.25, 0.3) is 0 Å². The third-order valence-corrected chi connectivity index (χ3v) is 3.97. The zero-order valence-electron chi connectivity index (χ0n) is 10.4. The van der Waals surface area contributed by atoms with Crippen molar-refractivity contribution in [2.75, 3.05) is 7.11 Å². The van der Waals surface area contributed by atoms with Gasteiger partial charge in [-0.05, 0) is 19.1 Å². The first kappa shape index (κ1) is 13.4. The predicted octanol–water partition coefficient (Wildman–Crippen LogP) is 0.248. The lowest BCUT2D eigenvalue weighted by atomic mass is 10.3. The average molecular weight is 283 g/mol. The van der Waals surface area contributed by atoms with Crippen LogP contribution in [0.5, 0.6) is 5.75 Å². The van der Waals surface area contributed by atoms with E-state index in [9.17, 15) is 8.42 Å². The molecule has 1 unspecified atom stereocenters. The number of benzene rings is 1. The van der Waals surface area contributed by atoms with Crippen molar-refractivity contribution in [3.8, 4) is 5.75 Å². The van der Waals surface area contributed by atoms with Gasteiger partial charge in [-0.15, -0.1) is 10.2 Å². The zero-order chi connectivity index (χ0) is 13.9. The van der Waals surface area contributed by atoms with E-state index in [2.05, 4.69) is 25.3 Å². The van der Waals surface area contributed by atoms with Crippen LogP contribution in [0.2, 0.25) is 0 Å². The number of nitrogens with zero attached hydrogens (tertiary/aromatic N) is 3. The lowest BCUT2D eigenvalue weighted by Gasteiger charge is -2.11. The van der Waals surface area contributed by atoms with Crippen LogP contribution in [-0.2, 0) is 10.0 Å². The average Bonchev–Trinajstić information content (AvgIpc) is 2.92. The van der Waals surface area contributed by atoms with Gasteiger partial charge in [0.05, 0.1) is 18.0 Å². The summed E-state index contributed by atoms with van der Waals surface area (Å²) in [5.41, 5.74) is 0. The van der Waals surface area contributed by atoms with E-state index in [4.69, 9.17) is 4.74 Å². The minimum absolute atomic E-state index is 0.113. The molecule has 1 aromatic carbocycles. The zero-order valence-corrected chi connectivity index (χ0v) is 11.2. The number of hydrogen-bond donors (Lipinski definition) is 2. The van der Waals surface area contributed by atoms with Gasteiger partial charge in [-0.25, -0.2) is 13.1 Å². The Morgan fingerprint density at radius 2 is 2.21 bits per heavy atom. The van der Waals surface area contributed by atoms with Crippen LogP contribution in [0.25, 0.3) is 0 Å². The number of sulfonamides is 1. The Balaban J connectivity index is 2.22. The lowest BCUT2D eigenvalue weighted by Crippen LogP contribution is -2.27.